The van der Waals surface area contributed by atoms with Crippen molar-refractivity contribution in [2.24, 2.45) is 0 Å². The molecule has 0 amide bonds. The number of carboxylic acids is 1. The van der Waals surface area contributed by atoms with E-state index in [1.54, 1.807) is 13.0 Å². The van der Waals surface area contributed by atoms with Crippen molar-refractivity contribution < 1.29 is 14.4 Å². The topological polar surface area (TPSA) is 98.2 Å². The Balaban J connectivity index is 2.35. The van der Waals surface area contributed by atoms with Gasteiger partial charge in [-0.3, -0.25) is 4.79 Å². The van der Waals surface area contributed by atoms with Crippen LogP contribution in [0.3, 0.4) is 0 Å². The van der Waals surface area contributed by atoms with Gasteiger partial charge in [0.15, 0.2) is 11.5 Å². The zero-order valence-electron chi connectivity index (χ0n) is 8.95. The maximum atomic E-state index is 11.5. The van der Waals surface area contributed by atoms with E-state index >= 15 is 0 Å². The van der Waals surface area contributed by atoms with Gasteiger partial charge >= 0.3 is 5.97 Å². The second-order valence-electron chi connectivity index (χ2n) is 3.45. The molecule has 7 nitrogen and oxygen atoms in total. The van der Waals surface area contributed by atoms with Crippen molar-refractivity contribution in [3.05, 3.63) is 45.7 Å². The molecule has 0 fully saturated rings. The number of carbonyl (C=O) groups is 1. The molecule has 0 saturated carbocycles. The minimum absolute atomic E-state index is 0.0563. The quantitative estimate of drug-likeness (QED) is 0.820. The largest absolute Gasteiger partial charge is 0.476 e. The molecule has 88 valence electrons. The number of aryl methyl sites for hydroxylation is 1. The fraction of sp³-hybridized carbons (Fsp3) is 0.200. The Morgan fingerprint density at radius 3 is 2.88 bits per heavy atom. The lowest BCUT2D eigenvalue weighted by Crippen LogP contribution is -2.24. The van der Waals surface area contributed by atoms with Crippen LogP contribution < -0.4 is 5.56 Å². The van der Waals surface area contributed by atoms with Gasteiger partial charge in [0.05, 0.1) is 5.69 Å². The second kappa shape index (κ2) is 4.20. The second-order valence-corrected chi connectivity index (χ2v) is 3.45. The highest BCUT2D eigenvalue weighted by Crippen LogP contribution is 2.03. The summed E-state index contributed by atoms with van der Waals surface area (Å²) >= 11 is 0. The summed E-state index contributed by atoms with van der Waals surface area (Å²) in [5.74, 6) is -0.743. The molecule has 0 spiro atoms. The lowest BCUT2D eigenvalue weighted by atomic mass is 10.3. The number of rotatable bonds is 3. The summed E-state index contributed by atoms with van der Waals surface area (Å²) in [4.78, 5) is 22.2. The lowest BCUT2D eigenvalue weighted by molar-refractivity contribution is 0.0687. The maximum absolute atomic E-state index is 11.5. The fourth-order valence-corrected chi connectivity index (χ4v) is 1.31. The molecule has 0 aliphatic carbocycles. The first-order valence-corrected chi connectivity index (χ1v) is 4.80. The van der Waals surface area contributed by atoms with Crippen LogP contribution in [0, 0.1) is 6.92 Å². The number of carboxylic acid groups (broad SMARTS) is 1. The number of aromatic carboxylic acids is 1. The Morgan fingerprint density at radius 2 is 2.29 bits per heavy atom. The molecule has 0 aromatic carbocycles. The van der Waals surface area contributed by atoms with E-state index in [1.807, 2.05) is 0 Å². The molecule has 0 aliphatic heterocycles. The molecule has 2 rings (SSSR count). The minimum atomic E-state index is -1.19. The monoisotopic (exact) mass is 235 g/mol. The Bertz CT molecular complexity index is 614. The number of hydrogen-bond donors (Lipinski definition) is 1. The van der Waals surface area contributed by atoms with Gasteiger partial charge in [0, 0.05) is 12.1 Å². The molecule has 17 heavy (non-hydrogen) atoms. The van der Waals surface area contributed by atoms with Crippen molar-refractivity contribution in [3.63, 3.8) is 0 Å². The van der Waals surface area contributed by atoms with Crippen LogP contribution in [0.1, 0.15) is 21.9 Å². The summed E-state index contributed by atoms with van der Waals surface area (Å²) in [6, 6.07) is 3.97. The van der Waals surface area contributed by atoms with Gasteiger partial charge in [-0.2, -0.15) is 5.10 Å². The van der Waals surface area contributed by atoms with E-state index in [0.717, 1.165) is 16.8 Å². The van der Waals surface area contributed by atoms with Gasteiger partial charge in [0.1, 0.15) is 6.54 Å². The molecule has 2 aromatic heterocycles. The number of nitrogens with zero attached hydrogens (tertiary/aromatic N) is 3. The van der Waals surface area contributed by atoms with Crippen molar-refractivity contribution in [1.82, 2.24) is 14.9 Å². The third-order valence-electron chi connectivity index (χ3n) is 2.07. The van der Waals surface area contributed by atoms with E-state index in [9.17, 15) is 9.59 Å². The van der Waals surface area contributed by atoms with Crippen LogP contribution in [0.2, 0.25) is 0 Å². The van der Waals surface area contributed by atoms with Crippen LogP contribution in [0.25, 0.3) is 0 Å². The zero-order valence-corrected chi connectivity index (χ0v) is 8.95. The predicted molar refractivity (Wildman–Crippen MR) is 55.8 cm³/mol. The molecule has 0 atom stereocenters. The molecular formula is C10H9N3O4. The Hall–Kier alpha value is -2.44. The lowest BCUT2D eigenvalue weighted by Gasteiger charge is -2.01. The predicted octanol–water partition coefficient (Wildman–Crippen LogP) is 0.286. The standard InChI is InChI=1S/C10H9N3O4/c1-6-4-7(17-12-6)5-13-9(14)3-2-8(11-13)10(15)16/h2-4H,5H2,1H3,(H,15,16). The van der Waals surface area contributed by atoms with E-state index in [4.69, 9.17) is 9.63 Å². The first-order chi connectivity index (χ1) is 8.06. The third kappa shape index (κ3) is 2.39. The third-order valence-corrected chi connectivity index (χ3v) is 2.07. The minimum Gasteiger partial charge on any atom is -0.476 e. The van der Waals surface area contributed by atoms with Gasteiger partial charge in [0.2, 0.25) is 0 Å². The number of hydrogen-bond acceptors (Lipinski definition) is 5. The van der Waals surface area contributed by atoms with Crippen molar-refractivity contribution in [3.8, 4) is 0 Å². The zero-order chi connectivity index (χ0) is 12.4. The average molecular weight is 235 g/mol. The molecule has 7 heteroatoms. The van der Waals surface area contributed by atoms with Gasteiger partial charge in [-0.25, -0.2) is 9.48 Å². The molecule has 2 aromatic rings. The van der Waals surface area contributed by atoms with E-state index < -0.39 is 11.5 Å². The smallest absolute Gasteiger partial charge is 0.356 e. The first-order valence-electron chi connectivity index (χ1n) is 4.80. The van der Waals surface area contributed by atoms with Crippen molar-refractivity contribution in [1.29, 1.82) is 0 Å². The molecule has 0 bridgehead atoms. The van der Waals surface area contributed by atoms with Crippen LogP contribution in [0.4, 0.5) is 0 Å². The Kier molecular flexibility index (Phi) is 2.73. The summed E-state index contributed by atoms with van der Waals surface area (Å²) in [6.45, 7) is 1.80. The summed E-state index contributed by atoms with van der Waals surface area (Å²) in [7, 11) is 0. The van der Waals surface area contributed by atoms with Crippen LogP contribution in [0.5, 0.6) is 0 Å². The summed E-state index contributed by atoms with van der Waals surface area (Å²) in [5, 5.41) is 16.1. The number of aromatic nitrogens is 3. The normalized spacial score (nSPS) is 10.4. The molecule has 2 heterocycles. The molecule has 0 unspecified atom stereocenters. The highest BCUT2D eigenvalue weighted by molar-refractivity contribution is 5.84. The van der Waals surface area contributed by atoms with Crippen LogP contribution in [-0.4, -0.2) is 26.0 Å². The van der Waals surface area contributed by atoms with Crippen LogP contribution >= 0.6 is 0 Å². The molecule has 0 aliphatic rings. The van der Waals surface area contributed by atoms with Gasteiger partial charge in [-0.1, -0.05) is 5.16 Å². The summed E-state index contributed by atoms with van der Waals surface area (Å²) < 4.78 is 5.94. The Morgan fingerprint density at radius 1 is 1.53 bits per heavy atom. The van der Waals surface area contributed by atoms with E-state index in [0.29, 0.717) is 11.5 Å². The molecule has 0 radical (unpaired) electrons. The summed E-state index contributed by atoms with van der Waals surface area (Å²) in [6.07, 6.45) is 0. The maximum Gasteiger partial charge on any atom is 0.356 e. The average Bonchev–Trinajstić information content (AvgIpc) is 2.67. The molecular weight excluding hydrogens is 226 g/mol. The van der Waals surface area contributed by atoms with Gasteiger partial charge in [-0.15, -0.1) is 0 Å². The first kappa shape index (κ1) is 11.1. The van der Waals surface area contributed by atoms with E-state index in [-0.39, 0.29) is 12.2 Å². The fourth-order valence-electron chi connectivity index (χ4n) is 1.31. The molecule has 1 N–H and O–H groups in total. The van der Waals surface area contributed by atoms with Crippen LogP contribution in [-0.2, 0) is 6.54 Å². The SMILES string of the molecule is Cc1cc(Cn2nc(C(=O)O)ccc2=O)on1. The van der Waals surface area contributed by atoms with Crippen molar-refractivity contribution >= 4 is 5.97 Å². The highest BCUT2D eigenvalue weighted by atomic mass is 16.5. The van der Waals surface area contributed by atoms with Gasteiger partial charge in [-0.05, 0) is 13.0 Å². The Labute approximate surface area is 95.3 Å². The van der Waals surface area contributed by atoms with Crippen LogP contribution in [0.15, 0.2) is 27.5 Å². The molecule has 0 saturated heterocycles. The summed E-state index contributed by atoms with van der Waals surface area (Å²) in [5.41, 5.74) is 0.0901. The van der Waals surface area contributed by atoms with E-state index in [1.165, 1.54) is 0 Å². The highest BCUT2D eigenvalue weighted by Gasteiger charge is 2.09. The van der Waals surface area contributed by atoms with E-state index in [2.05, 4.69) is 10.3 Å². The van der Waals surface area contributed by atoms with Gasteiger partial charge < -0.3 is 9.63 Å². The van der Waals surface area contributed by atoms with Crippen molar-refractivity contribution in [2.45, 2.75) is 13.5 Å². The van der Waals surface area contributed by atoms with Gasteiger partial charge in [0.25, 0.3) is 5.56 Å². The van der Waals surface area contributed by atoms with Crippen molar-refractivity contribution in [2.75, 3.05) is 0 Å².